The van der Waals surface area contributed by atoms with Crippen molar-refractivity contribution in [1.29, 1.82) is 0 Å². The summed E-state index contributed by atoms with van der Waals surface area (Å²) in [6.45, 7) is 2.51. The zero-order chi connectivity index (χ0) is 26.9. The van der Waals surface area contributed by atoms with Gasteiger partial charge >= 0.3 is 18.9 Å². The van der Waals surface area contributed by atoms with E-state index in [2.05, 4.69) is 15.9 Å². The van der Waals surface area contributed by atoms with Crippen molar-refractivity contribution < 1.29 is 30.8 Å². The van der Waals surface area contributed by atoms with Crippen molar-refractivity contribution >= 4 is 33.4 Å². The predicted octanol–water partition coefficient (Wildman–Crippen LogP) is 5.38. The van der Waals surface area contributed by atoms with Crippen molar-refractivity contribution in [1.82, 2.24) is 9.13 Å². The molecule has 0 fully saturated rings. The molecule has 0 unspecified atom stereocenters. The molecular formula is C23H26BrF2N2O6PS. The maximum absolute atomic E-state index is 15.2. The summed E-state index contributed by atoms with van der Waals surface area (Å²) >= 11 is 3.14. The number of halogens is 3. The highest BCUT2D eigenvalue weighted by Gasteiger charge is 2.55. The van der Waals surface area contributed by atoms with Crippen LogP contribution in [0.1, 0.15) is 25.0 Å². The van der Waals surface area contributed by atoms with Gasteiger partial charge in [-0.3, -0.25) is 9.13 Å². The van der Waals surface area contributed by atoms with Crippen molar-refractivity contribution in [3.63, 3.8) is 0 Å². The van der Waals surface area contributed by atoms with E-state index in [4.69, 9.17) is 9.05 Å². The molecule has 1 aromatic heterocycles. The molecule has 2 aromatic carbocycles. The molecule has 8 nitrogen and oxygen atoms in total. The molecule has 0 amide bonds. The molecule has 0 aliphatic carbocycles. The van der Waals surface area contributed by atoms with E-state index in [1.54, 1.807) is 25.4 Å². The number of alkyl halides is 2. The largest absolute Gasteiger partial charge is 0.404 e. The van der Waals surface area contributed by atoms with Gasteiger partial charge in [0.2, 0.25) is 0 Å². The van der Waals surface area contributed by atoms with Crippen molar-refractivity contribution in [2.24, 2.45) is 7.05 Å². The average molecular weight is 607 g/mol. The summed E-state index contributed by atoms with van der Waals surface area (Å²) in [5, 5.41) is 0. The van der Waals surface area contributed by atoms with Gasteiger partial charge in [0, 0.05) is 29.5 Å². The van der Waals surface area contributed by atoms with E-state index >= 15 is 8.78 Å². The Balaban J connectivity index is 1.99. The minimum absolute atomic E-state index is 0.0207. The van der Waals surface area contributed by atoms with E-state index in [9.17, 15) is 17.8 Å². The molecule has 196 valence electrons. The topological polar surface area (TPSA) is 96.6 Å². The van der Waals surface area contributed by atoms with Crippen LogP contribution >= 0.6 is 23.5 Å². The van der Waals surface area contributed by atoms with Gasteiger partial charge in [-0.05, 0) is 43.2 Å². The molecule has 13 heteroatoms. The van der Waals surface area contributed by atoms with E-state index < -0.39 is 28.7 Å². The Morgan fingerprint density at radius 3 is 2.14 bits per heavy atom. The van der Waals surface area contributed by atoms with Crippen LogP contribution in [0.3, 0.4) is 0 Å². The third kappa shape index (κ3) is 5.57. The van der Waals surface area contributed by atoms with Crippen LogP contribution in [0.5, 0.6) is 0 Å². The highest BCUT2D eigenvalue weighted by Crippen LogP contribution is 2.67. The molecule has 0 radical (unpaired) electrons. The SMILES string of the molecule is CCOP(=O)(OCC)C(F)(F)c1ccc(Cn2c(-c3ccc(S(C)(=O)=O)cc3)cn(C)c2=O)cc1Br. The number of benzene rings is 2. The van der Waals surface area contributed by atoms with Crippen LogP contribution in [0.25, 0.3) is 11.3 Å². The summed E-state index contributed by atoms with van der Waals surface area (Å²) in [7, 11) is -6.59. The number of rotatable bonds is 10. The van der Waals surface area contributed by atoms with Crippen molar-refractivity contribution in [3.05, 3.63) is 74.7 Å². The van der Waals surface area contributed by atoms with Crippen molar-refractivity contribution in [2.75, 3.05) is 19.5 Å². The first-order chi connectivity index (χ1) is 16.7. The number of sulfone groups is 1. The highest BCUT2D eigenvalue weighted by molar-refractivity contribution is 9.10. The van der Waals surface area contributed by atoms with Gasteiger partial charge in [-0.15, -0.1) is 0 Å². The first kappa shape index (κ1) is 28.5. The zero-order valence-corrected chi connectivity index (χ0v) is 23.4. The van der Waals surface area contributed by atoms with Crippen molar-refractivity contribution in [2.45, 2.75) is 31.0 Å². The monoisotopic (exact) mass is 606 g/mol. The summed E-state index contributed by atoms with van der Waals surface area (Å²) in [4.78, 5) is 13.0. The minimum atomic E-state index is -4.79. The number of nitrogens with zero attached hydrogens (tertiary/aromatic N) is 2. The maximum atomic E-state index is 15.2. The van der Waals surface area contributed by atoms with Gasteiger partial charge < -0.3 is 13.6 Å². The lowest BCUT2D eigenvalue weighted by atomic mass is 10.1. The normalized spacial score (nSPS) is 12.8. The van der Waals surface area contributed by atoms with E-state index in [1.807, 2.05) is 0 Å². The van der Waals surface area contributed by atoms with Crippen LogP contribution in [0.15, 0.2) is 62.8 Å². The Hall–Kier alpha value is -2.11. The van der Waals surface area contributed by atoms with Crippen molar-refractivity contribution in [3.8, 4) is 11.3 Å². The highest BCUT2D eigenvalue weighted by atomic mass is 79.9. The number of aryl methyl sites for hydroxylation is 1. The molecule has 0 bridgehead atoms. The second-order valence-corrected chi connectivity index (χ2v) is 12.9. The third-order valence-corrected chi connectivity index (χ3v) is 9.27. The summed E-state index contributed by atoms with van der Waals surface area (Å²) in [5.74, 6) is 0. The number of hydrogen-bond donors (Lipinski definition) is 0. The summed E-state index contributed by atoms with van der Waals surface area (Å²) in [6, 6.07) is 10.1. The van der Waals surface area contributed by atoms with E-state index in [1.165, 1.54) is 47.2 Å². The second-order valence-electron chi connectivity index (χ2n) is 7.98. The minimum Gasteiger partial charge on any atom is -0.304 e. The first-order valence-corrected chi connectivity index (χ1v) is 15.1. The summed E-state index contributed by atoms with van der Waals surface area (Å²) in [5.41, 5.74) is -3.17. The Labute approximate surface area is 216 Å². The molecule has 3 rings (SSSR count). The molecule has 36 heavy (non-hydrogen) atoms. The fraction of sp³-hybridized carbons (Fsp3) is 0.348. The average Bonchev–Trinajstić information content (AvgIpc) is 3.07. The van der Waals surface area contributed by atoms with Gasteiger partial charge in [0.05, 0.1) is 30.3 Å². The molecule has 0 saturated carbocycles. The van der Waals surface area contributed by atoms with Crippen LogP contribution < -0.4 is 5.69 Å². The van der Waals surface area contributed by atoms with Crippen LogP contribution in [0.4, 0.5) is 8.78 Å². The quantitative estimate of drug-likeness (QED) is 0.287. The third-order valence-electron chi connectivity index (χ3n) is 5.36. The molecule has 0 N–H and O–H groups in total. The standard InChI is InChI=1S/C23H26BrF2N2O6PS/c1-5-33-35(30,34-6-2)23(25,26)19-12-7-16(13-20(19)24)14-28-21(15-27(3)22(28)29)17-8-10-18(11-9-17)36(4,31)32/h7-13,15H,5-6,14H2,1-4H3. The predicted molar refractivity (Wildman–Crippen MR) is 136 cm³/mol. The maximum Gasteiger partial charge on any atom is 0.404 e. The molecule has 1 heterocycles. The van der Waals surface area contributed by atoms with Crippen LogP contribution in [-0.2, 0) is 42.7 Å². The second kappa shape index (κ2) is 10.7. The van der Waals surface area contributed by atoms with Gasteiger partial charge in [-0.2, -0.15) is 8.78 Å². The van der Waals surface area contributed by atoms with E-state index in [0.29, 0.717) is 16.8 Å². The summed E-state index contributed by atoms with van der Waals surface area (Å²) < 4.78 is 79.3. The molecule has 0 aliphatic heterocycles. The number of imidazole rings is 1. The Kier molecular flexibility index (Phi) is 8.47. The van der Waals surface area contributed by atoms with Gasteiger partial charge in [-0.1, -0.05) is 40.2 Å². The van der Waals surface area contributed by atoms with Gasteiger partial charge in [0.15, 0.2) is 9.84 Å². The smallest absolute Gasteiger partial charge is 0.304 e. The van der Waals surface area contributed by atoms with Crippen LogP contribution in [0.2, 0.25) is 0 Å². The van der Waals surface area contributed by atoms with Gasteiger partial charge in [-0.25, -0.2) is 13.2 Å². The molecular weight excluding hydrogens is 581 g/mol. The van der Waals surface area contributed by atoms with Gasteiger partial charge in [0.25, 0.3) is 0 Å². The van der Waals surface area contributed by atoms with Crippen LogP contribution in [-0.4, -0.2) is 37.0 Å². The Morgan fingerprint density at radius 1 is 1.06 bits per heavy atom. The number of hydrogen-bond acceptors (Lipinski definition) is 6. The molecule has 0 aliphatic rings. The Morgan fingerprint density at radius 2 is 1.64 bits per heavy atom. The fourth-order valence-electron chi connectivity index (χ4n) is 3.63. The van der Waals surface area contributed by atoms with E-state index in [0.717, 1.165) is 12.3 Å². The lowest BCUT2D eigenvalue weighted by Crippen LogP contribution is -2.23. The fourth-order valence-corrected chi connectivity index (χ4v) is 6.66. The number of aromatic nitrogens is 2. The van der Waals surface area contributed by atoms with E-state index in [-0.39, 0.29) is 34.8 Å². The van der Waals surface area contributed by atoms with Crippen LogP contribution in [0, 0.1) is 0 Å². The lowest BCUT2D eigenvalue weighted by Gasteiger charge is -2.26. The zero-order valence-electron chi connectivity index (χ0n) is 20.1. The Bertz CT molecular complexity index is 1460. The first-order valence-electron chi connectivity index (χ1n) is 10.9. The molecule has 3 aromatic rings. The lowest BCUT2D eigenvalue weighted by molar-refractivity contribution is 0.0354. The van der Waals surface area contributed by atoms with Gasteiger partial charge in [0.1, 0.15) is 0 Å². The molecule has 0 saturated heterocycles. The molecule has 0 spiro atoms. The summed E-state index contributed by atoms with van der Waals surface area (Å²) in [6.07, 6.45) is 2.71. The molecule has 0 atom stereocenters.